The lowest BCUT2D eigenvalue weighted by Crippen LogP contribution is -2.52. The molecule has 1 saturated heterocycles. The highest BCUT2D eigenvalue weighted by Gasteiger charge is 2.39. The average Bonchev–Trinajstić information content (AvgIpc) is 3.35. The number of piperidine rings is 1. The molecular formula is C25H34N2O3S. The molecule has 0 radical (unpaired) electrons. The Balaban J connectivity index is 1.20. The number of rotatable bonds is 11. The fourth-order valence-corrected chi connectivity index (χ4v) is 5.98. The van der Waals surface area contributed by atoms with Crippen LogP contribution in [0.2, 0.25) is 0 Å². The van der Waals surface area contributed by atoms with Gasteiger partial charge in [-0.1, -0.05) is 51.5 Å². The van der Waals surface area contributed by atoms with Gasteiger partial charge in [-0.25, -0.2) is 0 Å². The molecule has 168 valence electrons. The number of carbonyl (C=O) groups excluding carboxylic acids is 3. The van der Waals surface area contributed by atoms with Gasteiger partial charge in [0.1, 0.15) is 6.04 Å². The Bertz CT molecular complexity index is 840. The van der Waals surface area contributed by atoms with Gasteiger partial charge in [-0.3, -0.25) is 19.7 Å². The molecular weight excluding hydrogens is 408 g/mol. The summed E-state index contributed by atoms with van der Waals surface area (Å²) >= 11 is 1.82. The third-order valence-corrected chi connectivity index (χ3v) is 8.23. The van der Waals surface area contributed by atoms with E-state index in [1.54, 1.807) is 4.90 Å². The van der Waals surface area contributed by atoms with E-state index >= 15 is 0 Å². The molecule has 4 rings (SSSR count). The highest BCUT2D eigenvalue weighted by molar-refractivity contribution is 7.99. The molecule has 0 bridgehead atoms. The van der Waals surface area contributed by atoms with E-state index in [9.17, 15) is 14.4 Å². The van der Waals surface area contributed by atoms with Gasteiger partial charge in [-0.2, -0.15) is 0 Å². The molecule has 2 fully saturated rings. The Hall–Kier alpha value is -1.82. The summed E-state index contributed by atoms with van der Waals surface area (Å²) in [6.07, 6.45) is 11.5. The molecule has 1 saturated carbocycles. The van der Waals surface area contributed by atoms with Crippen molar-refractivity contribution in [2.24, 2.45) is 11.8 Å². The second-order valence-corrected chi connectivity index (χ2v) is 10.6. The first-order valence-corrected chi connectivity index (χ1v) is 12.9. The molecule has 6 heteroatoms. The molecule has 1 unspecified atom stereocenters. The van der Waals surface area contributed by atoms with Gasteiger partial charge in [0, 0.05) is 23.4 Å². The molecule has 5 nitrogen and oxygen atoms in total. The molecule has 0 spiro atoms. The van der Waals surface area contributed by atoms with Crippen molar-refractivity contribution in [3.8, 4) is 0 Å². The van der Waals surface area contributed by atoms with Gasteiger partial charge in [-0.05, 0) is 54.5 Å². The van der Waals surface area contributed by atoms with Crippen LogP contribution in [0.15, 0.2) is 23.1 Å². The summed E-state index contributed by atoms with van der Waals surface area (Å²) in [4.78, 5) is 39.3. The standard InChI is InChI=1S/C25H34N2O3S/c1-17-15-18(17)9-6-4-2-3-5-7-14-31-22-11-8-10-19-20(22)16-27(25(19)30)21-12-13-23(28)26-24(21)29/h8,10-11,17-18,21H,2-7,9,12-16H2,1H3,(H,26,28,29)/t17-,18-,21?/m1/s1. The molecule has 2 aliphatic heterocycles. The highest BCUT2D eigenvalue weighted by Crippen LogP contribution is 2.41. The van der Waals surface area contributed by atoms with Crippen LogP contribution in [0.4, 0.5) is 0 Å². The monoisotopic (exact) mass is 442 g/mol. The van der Waals surface area contributed by atoms with Gasteiger partial charge in [0.05, 0.1) is 0 Å². The van der Waals surface area contributed by atoms with Crippen LogP contribution in [0.5, 0.6) is 0 Å². The zero-order valence-corrected chi connectivity index (χ0v) is 19.3. The van der Waals surface area contributed by atoms with Crippen molar-refractivity contribution in [3.63, 3.8) is 0 Å². The molecule has 1 aliphatic carbocycles. The van der Waals surface area contributed by atoms with E-state index in [1.807, 2.05) is 23.9 Å². The maximum Gasteiger partial charge on any atom is 0.255 e. The zero-order valence-electron chi connectivity index (χ0n) is 18.5. The number of nitrogens with zero attached hydrogens (tertiary/aromatic N) is 1. The third-order valence-electron chi connectivity index (χ3n) is 7.04. The fraction of sp³-hybridized carbons (Fsp3) is 0.640. The molecule has 1 aromatic carbocycles. The Morgan fingerprint density at radius 2 is 1.81 bits per heavy atom. The number of imide groups is 1. The largest absolute Gasteiger partial charge is 0.322 e. The summed E-state index contributed by atoms with van der Waals surface area (Å²) in [5.41, 5.74) is 1.75. The van der Waals surface area contributed by atoms with Crippen molar-refractivity contribution in [2.45, 2.75) is 88.6 Å². The quantitative estimate of drug-likeness (QED) is 0.300. The first-order chi connectivity index (χ1) is 15.0. The maximum absolute atomic E-state index is 12.9. The number of benzene rings is 1. The van der Waals surface area contributed by atoms with E-state index in [2.05, 4.69) is 18.3 Å². The summed E-state index contributed by atoms with van der Waals surface area (Å²) in [5.74, 6) is 2.39. The Morgan fingerprint density at radius 1 is 1.06 bits per heavy atom. The Morgan fingerprint density at radius 3 is 2.55 bits per heavy atom. The molecule has 1 aromatic rings. The number of unbranched alkanes of at least 4 members (excludes halogenated alkanes) is 5. The van der Waals surface area contributed by atoms with Crippen molar-refractivity contribution < 1.29 is 14.4 Å². The predicted octanol–water partition coefficient (Wildman–Crippen LogP) is 4.93. The summed E-state index contributed by atoms with van der Waals surface area (Å²) in [5, 5.41) is 2.37. The first kappa shape index (κ1) is 22.4. The number of carbonyl (C=O) groups is 3. The number of fused-ring (bicyclic) bond motifs is 1. The second-order valence-electron chi connectivity index (χ2n) is 9.41. The molecule has 2 heterocycles. The van der Waals surface area contributed by atoms with Crippen LogP contribution < -0.4 is 5.32 Å². The topological polar surface area (TPSA) is 66.5 Å². The SMILES string of the molecule is C[C@@H]1C[C@H]1CCCCCCCCSc1cccc2c1CN(C1CCC(=O)NC1=O)C2=O. The minimum absolute atomic E-state index is 0.0902. The molecule has 1 N–H and O–H groups in total. The normalized spacial score (nSPS) is 25.0. The van der Waals surface area contributed by atoms with Gasteiger partial charge < -0.3 is 4.90 Å². The van der Waals surface area contributed by atoms with Gasteiger partial charge in [0.15, 0.2) is 0 Å². The molecule has 3 atom stereocenters. The lowest BCUT2D eigenvalue weighted by atomic mass is 10.0. The van der Waals surface area contributed by atoms with Crippen molar-refractivity contribution in [3.05, 3.63) is 29.3 Å². The van der Waals surface area contributed by atoms with Gasteiger partial charge in [0.2, 0.25) is 11.8 Å². The Kier molecular flexibility index (Phi) is 7.36. The average molecular weight is 443 g/mol. The number of amides is 3. The van der Waals surface area contributed by atoms with E-state index in [0.717, 1.165) is 28.0 Å². The number of hydrogen-bond acceptors (Lipinski definition) is 4. The van der Waals surface area contributed by atoms with Gasteiger partial charge in [0.25, 0.3) is 5.91 Å². The van der Waals surface area contributed by atoms with E-state index < -0.39 is 6.04 Å². The van der Waals surface area contributed by atoms with Crippen molar-refractivity contribution in [1.29, 1.82) is 0 Å². The number of hydrogen-bond donors (Lipinski definition) is 1. The Labute approximate surface area is 189 Å². The number of nitrogens with one attached hydrogen (secondary N) is 1. The van der Waals surface area contributed by atoms with Crippen molar-refractivity contribution in [2.75, 3.05) is 5.75 Å². The molecule has 3 aliphatic rings. The van der Waals surface area contributed by atoms with Crippen LogP contribution in [0, 0.1) is 11.8 Å². The summed E-state index contributed by atoms with van der Waals surface area (Å²) < 4.78 is 0. The van der Waals surface area contributed by atoms with Crippen LogP contribution in [0.3, 0.4) is 0 Å². The van der Waals surface area contributed by atoms with E-state index in [-0.39, 0.29) is 24.1 Å². The first-order valence-electron chi connectivity index (χ1n) is 11.9. The molecule has 3 amide bonds. The van der Waals surface area contributed by atoms with Crippen LogP contribution in [0.1, 0.15) is 87.1 Å². The van der Waals surface area contributed by atoms with Gasteiger partial charge >= 0.3 is 0 Å². The van der Waals surface area contributed by atoms with E-state index in [4.69, 9.17) is 0 Å². The van der Waals surface area contributed by atoms with Crippen LogP contribution >= 0.6 is 11.8 Å². The van der Waals surface area contributed by atoms with Crippen molar-refractivity contribution >= 4 is 29.5 Å². The van der Waals surface area contributed by atoms with E-state index in [0.29, 0.717) is 18.5 Å². The summed E-state index contributed by atoms with van der Waals surface area (Å²) in [7, 11) is 0. The third kappa shape index (κ3) is 5.51. The predicted molar refractivity (Wildman–Crippen MR) is 123 cm³/mol. The number of thioether (sulfide) groups is 1. The van der Waals surface area contributed by atoms with Crippen LogP contribution in [-0.4, -0.2) is 34.4 Å². The van der Waals surface area contributed by atoms with Crippen LogP contribution in [0.25, 0.3) is 0 Å². The second kappa shape index (κ2) is 10.2. The fourth-order valence-electron chi connectivity index (χ4n) is 4.89. The smallest absolute Gasteiger partial charge is 0.255 e. The minimum atomic E-state index is -0.543. The lowest BCUT2D eigenvalue weighted by molar-refractivity contribution is -0.136. The molecule has 31 heavy (non-hydrogen) atoms. The van der Waals surface area contributed by atoms with Crippen molar-refractivity contribution in [1.82, 2.24) is 10.2 Å². The van der Waals surface area contributed by atoms with E-state index in [1.165, 1.54) is 51.4 Å². The summed E-state index contributed by atoms with van der Waals surface area (Å²) in [6, 6.07) is 5.34. The zero-order chi connectivity index (χ0) is 21.8. The minimum Gasteiger partial charge on any atom is -0.322 e. The highest BCUT2D eigenvalue weighted by atomic mass is 32.2. The van der Waals surface area contributed by atoms with Gasteiger partial charge in [-0.15, -0.1) is 11.8 Å². The summed E-state index contributed by atoms with van der Waals surface area (Å²) in [6.45, 7) is 2.83. The van der Waals surface area contributed by atoms with Crippen LogP contribution in [-0.2, 0) is 16.1 Å². The molecule has 0 aromatic heterocycles. The maximum atomic E-state index is 12.9. The lowest BCUT2D eigenvalue weighted by Gasteiger charge is -2.29.